The summed E-state index contributed by atoms with van der Waals surface area (Å²) in [5.74, 6) is -0.130. The fraction of sp³-hybridized carbons (Fsp3) is 0.308. The number of aryl methyl sites for hydroxylation is 1. The van der Waals surface area contributed by atoms with Gasteiger partial charge >= 0.3 is 0 Å². The van der Waals surface area contributed by atoms with Crippen LogP contribution in [0.15, 0.2) is 23.0 Å². The molecule has 0 unspecified atom stereocenters. The molecule has 7 heteroatoms. The number of rotatable bonds is 4. The van der Waals surface area contributed by atoms with E-state index in [2.05, 4.69) is 15.8 Å². The van der Waals surface area contributed by atoms with Gasteiger partial charge in [-0.3, -0.25) is 20.4 Å². The molecular weight excluding hydrogens is 280 g/mol. The molecule has 2 aromatic rings. The Morgan fingerprint density at radius 2 is 2.20 bits per heavy atom. The van der Waals surface area contributed by atoms with Gasteiger partial charge in [0, 0.05) is 18.5 Å². The van der Waals surface area contributed by atoms with Gasteiger partial charge in [-0.25, -0.2) is 4.98 Å². The summed E-state index contributed by atoms with van der Waals surface area (Å²) >= 11 is 5.91. The molecular formula is C13H15ClN4O2. The van der Waals surface area contributed by atoms with E-state index in [9.17, 15) is 9.59 Å². The predicted octanol–water partition coefficient (Wildman–Crippen LogP) is 1.83. The number of carbonyl (C=O) groups is 1. The highest BCUT2D eigenvalue weighted by atomic mass is 35.5. The molecule has 0 radical (unpaired) electrons. The molecule has 6 nitrogen and oxygen atoms in total. The molecule has 0 aliphatic rings. The minimum absolute atomic E-state index is 0.0618. The van der Waals surface area contributed by atoms with Crippen molar-refractivity contribution in [1.29, 1.82) is 0 Å². The zero-order valence-corrected chi connectivity index (χ0v) is 12.0. The molecule has 106 valence electrons. The summed E-state index contributed by atoms with van der Waals surface area (Å²) in [5.41, 5.74) is 5.94. The molecule has 1 aromatic carbocycles. The van der Waals surface area contributed by atoms with Crippen LogP contribution in [0.25, 0.3) is 11.0 Å². The van der Waals surface area contributed by atoms with Gasteiger partial charge in [0.2, 0.25) is 11.7 Å². The van der Waals surface area contributed by atoms with Crippen molar-refractivity contribution in [2.75, 3.05) is 5.43 Å². The number of nitrogens with one attached hydrogen (secondary N) is 2. The van der Waals surface area contributed by atoms with Crippen LogP contribution in [0.5, 0.6) is 0 Å². The van der Waals surface area contributed by atoms with Crippen molar-refractivity contribution in [1.82, 2.24) is 15.0 Å². The van der Waals surface area contributed by atoms with Crippen LogP contribution in [0.1, 0.15) is 19.8 Å². The summed E-state index contributed by atoms with van der Waals surface area (Å²) in [6, 6.07) is 5.09. The van der Waals surface area contributed by atoms with Crippen LogP contribution >= 0.6 is 11.6 Å². The van der Waals surface area contributed by atoms with E-state index < -0.39 is 0 Å². The molecule has 0 aliphatic carbocycles. The average molecular weight is 295 g/mol. The number of aromatic nitrogens is 2. The van der Waals surface area contributed by atoms with Crippen molar-refractivity contribution in [2.45, 2.75) is 19.8 Å². The molecule has 20 heavy (non-hydrogen) atoms. The third kappa shape index (κ3) is 2.91. The molecule has 0 bridgehead atoms. The monoisotopic (exact) mass is 294 g/mol. The number of hydrogen-bond donors (Lipinski definition) is 2. The van der Waals surface area contributed by atoms with Gasteiger partial charge in [0.1, 0.15) is 0 Å². The van der Waals surface area contributed by atoms with Crippen molar-refractivity contribution >= 4 is 34.4 Å². The number of hydrogen-bond acceptors (Lipinski definition) is 4. The highest BCUT2D eigenvalue weighted by Gasteiger charge is 2.09. The number of hydrazine groups is 1. The minimum Gasteiger partial charge on any atom is -0.307 e. The first-order chi connectivity index (χ1) is 9.52. The van der Waals surface area contributed by atoms with E-state index in [1.165, 1.54) is 4.57 Å². The van der Waals surface area contributed by atoms with Gasteiger partial charge in [0.25, 0.3) is 5.56 Å². The van der Waals surface area contributed by atoms with E-state index in [0.717, 1.165) is 6.42 Å². The number of nitrogens with zero attached hydrogens (tertiary/aromatic N) is 2. The van der Waals surface area contributed by atoms with Crippen LogP contribution in [0.2, 0.25) is 5.02 Å². The second kappa shape index (κ2) is 5.92. The van der Waals surface area contributed by atoms with Crippen molar-refractivity contribution in [3.63, 3.8) is 0 Å². The van der Waals surface area contributed by atoms with Gasteiger partial charge in [-0.15, -0.1) is 0 Å². The summed E-state index contributed by atoms with van der Waals surface area (Å²) in [5, 5.41) is 0.532. The van der Waals surface area contributed by atoms with Crippen LogP contribution in [-0.4, -0.2) is 15.5 Å². The maximum absolute atomic E-state index is 12.1. The first-order valence-corrected chi connectivity index (χ1v) is 6.62. The van der Waals surface area contributed by atoms with Gasteiger partial charge in [0.05, 0.1) is 11.0 Å². The van der Waals surface area contributed by atoms with Gasteiger partial charge in [-0.2, -0.15) is 0 Å². The van der Waals surface area contributed by atoms with Crippen LogP contribution < -0.4 is 16.4 Å². The van der Waals surface area contributed by atoms with Crippen molar-refractivity contribution in [3.8, 4) is 0 Å². The third-order valence-corrected chi connectivity index (χ3v) is 3.07. The predicted molar refractivity (Wildman–Crippen MR) is 78.7 cm³/mol. The molecule has 0 saturated carbocycles. The number of fused-ring (bicyclic) bond motifs is 1. The Bertz CT molecular complexity index is 711. The third-order valence-electron chi connectivity index (χ3n) is 2.84. The van der Waals surface area contributed by atoms with E-state index in [4.69, 9.17) is 11.6 Å². The largest absolute Gasteiger partial charge is 0.307 e. The summed E-state index contributed by atoms with van der Waals surface area (Å²) in [6.07, 6.45) is 1.11. The lowest BCUT2D eigenvalue weighted by molar-refractivity contribution is -0.120. The quantitative estimate of drug-likeness (QED) is 0.844. The molecule has 0 saturated heterocycles. The smallest absolute Gasteiger partial charge is 0.295 e. The molecule has 1 heterocycles. The number of carbonyl (C=O) groups excluding carboxylic acids is 1. The Kier molecular flexibility index (Phi) is 4.24. The fourth-order valence-corrected chi connectivity index (χ4v) is 1.97. The van der Waals surface area contributed by atoms with Crippen molar-refractivity contribution in [2.24, 2.45) is 7.05 Å². The van der Waals surface area contributed by atoms with Gasteiger partial charge in [-0.1, -0.05) is 18.5 Å². The molecule has 0 spiro atoms. The maximum atomic E-state index is 12.1. The van der Waals surface area contributed by atoms with Crippen LogP contribution in [0, 0.1) is 0 Å². The SMILES string of the molecule is CCCC(=O)NNc1nc2cc(Cl)ccc2n(C)c1=O. The second-order valence-electron chi connectivity index (χ2n) is 4.38. The fourth-order valence-electron chi connectivity index (χ4n) is 1.81. The van der Waals surface area contributed by atoms with E-state index in [0.29, 0.717) is 22.5 Å². The number of benzene rings is 1. The molecule has 0 atom stereocenters. The Labute approximate surface area is 120 Å². The Balaban J connectivity index is 2.36. The van der Waals surface area contributed by atoms with Gasteiger partial charge in [-0.05, 0) is 24.6 Å². The molecule has 2 N–H and O–H groups in total. The second-order valence-corrected chi connectivity index (χ2v) is 4.82. The van der Waals surface area contributed by atoms with Crippen LogP contribution in [-0.2, 0) is 11.8 Å². The standard InChI is InChI=1S/C13H15ClN4O2/c1-3-4-11(19)16-17-12-13(20)18(2)10-6-5-8(14)7-9(10)15-12/h5-7H,3-4H2,1-2H3,(H,15,17)(H,16,19). The first-order valence-electron chi connectivity index (χ1n) is 6.24. The van der Waals surface area contributed by atoms with Gasteiger partial charge in [0.15, 0.2) is 0 Å². The molecule has 1 aromatic heterocycles. The summed E-state index contributed by atoms with van der Waals surface area (Å²) in [6.45, 7) is 1.90. The maximum Gasteiger partial charge on any atom is 0.295 e. The topological polar surface area (TPSA) is 76.0 Å². The summed E-state index contributed by atoms with van der Waals surface area (Å²) in [4.78, 5) is 27.7. The summed E-state index contributed by atoms with van der Waals surface area (Å²) < 4.78 is 1.45. The number of halogens is 1. The van der Waals surface area contributed by atoms with E-state index in [1.807, 2.05) is 6.92 Å². The zero-order chi connectivity index (χ0) is 14.7. The van der Waals surface area contributed by atoms with Crippen LogP contribution in [0.3, 0.4) is 0 Å². The van der Waals surface area contributed by atoms with Crippen molar-refractivity contribution in [3.05, 3.63) is 33.6 Å². The van der Waals surface area contributed by atoms with E-state index in [1.54, 1.807) is 25.2 Å². The van der Waals surface area contributed by atoms with Crippen molar-refractivity contribution < 1.29 is 4.79 Å². The first kappa shape index (κ1) is 14.3. The minimum atomic E-state index is -0.323. The number of amides is 1. The number of anilines is 1. The lowest BCUT2D eigenvalue weighted by atomic mass is 10.3. The lowest BCUT2D eigenvalue weighted by Gasteiger charge is -2.10. The Morgan fingerprint density at radius 1 is 1.45 bits per heavy atom. The zero-order valence-electron chi connectivity index (χ0n) is 11.2. The highest BCUT2D eigenvalue weighted by molar-refractivity contribution is 6.31. The molecule has 1 amide bonds. The van der Waals surface area contributed by atoms with E-state index in [-0.39, 0.29) is 17.3 Å². The molecule has 0 aliphatic heterocycles. The Hall–Kier alpha value is -2.08. The average Bonchev–Trinajstić information content (AvgIpc) is 2.41. The normalized spacial score (nSPS) is 10.6. The Morgan fingerprint density at radius 3 is 2.90 bits per heavy atom. The van der Waals surface area contributed by atoms with Gasteiger partial charge < -0.3 is 4.57 Å². The van der Waals surface area contributed by atoms with Crippen LogP contribution in [0.4, 0.5) is 5.82 Å². The molecule has 0 fully saturated rings. The highest BCUT2D eigenvalue weighted by Crippen LogP contribution is 2.16. The summed E-state index contributed by atoms with van der Waals surface area (Å²) in [7, 11) is 1.64. The lowest BCUT2D eigenvalue weighted by Crippen LogP contribution is -2.34. The van der Waals surface area contributed by atoms with E-state index >= 15 is 0 Å². The molecule has 2 rings (SSSR count).